The Morgan fingerprint density at radius 1 is 1.24 bits per heavy atom. The van der Waals surface area contributed by atoms with Crippen LogP contribution in [0.25, 0.3) is 0 Å². The molecular formula is C16H19NO4. The number of aliphatic hydroxyl groups is 1. The molecule has 21 heavy (non-hydrogen) atoms. The van der Waals surface area contributed by atoms with Gasteiger partial charge in [0, 0.05) is 12.1 Å². The van der Waals surface area contributed by atoms with Gasteiger partial charge in [0.15, 0.2) is 5.76 Å². The van der Waals surface area contributed by atoms with Crippen molar-refractivity contribution in [1.29, 1.82) is 0 Å². The SMILES string of the molecule is CC(C)NC(c1ccccc1)c1oc(CO)cc(=O)c1O. The van der Waals surface area contributed by atoms with Gasteiger partial charge in [-0.2, -0.15) is 0 Å². The van der Waals surface area contributed by atoms with Crippen molar-refractivity contribution >= 4 is 0 Å². The summed E-state index contributed by atoms with van der Waals surface area (Å²) in [6.07, 6.45) is 0. The monoisotopic (exact) mass is 289 g/mol. The Morgan fingerprint density at radius 3 is 2.48 bits per heavy atom. The molecule has 1 atom stereocenters. The van der Waals surface area contributed by atoms with Crippen molar-refractivity contribution in [2.24, 2.45) is 0 Å². The second-order valence-corrected chi connectivity index (χ2v) is 5.11. The fraction of sp³-hybridized carbons (Fsp3) is 0.312. The number of benzene rings is 1. The van der Waals surface area contributed by atoms with Crippen molar-refractivity contribution in [2.75, 3.05) is 0 Å². The summed E-state index contributed by atoms with van der Waals surface area (Å²) in [4.78, 5) is 11.8. The van der Waals surface area contributed by atoms with Crippen LogP contribution in [0.2, 0.25) is 0 Å². The summed E-state index contributed by atoms with van der Waals surface area (Å²) < 4.78 is 5.49. The average Bonchev–Trinajstić information content (AvgIpc) is 2.48. The topological polar surface area (TPSA) is 82.7 Å². The van der Waals surface area contributed by atoms with Gasteiger partial charge in [-0.15, -0.1) is 0 Å². The summed E-state index contributed by atoms with van der Waals surface area (Å²) in [6.45, 7) is 3.52. The number of rotatable bonds is 5. The van der Waals surface area contributed by atoms with E-state index in [0.717, 1.165) is 11.6 Å². The Balaban J connectivity index is 2.56. The second-order valence-electron chi connectivity index (χ2n) is 5.11. The average molecular weight is 289 g/mol. The van der Waals surface area contributed by atoms with E-state index < -0.39 is 23.8 Å². The van der Waals surface area contributed by atoms with Crippen LogP contribution in [0.3, 0.4) is 0 Å². The van der Waals surface area contributed by atoms with Crippen molar-refractivity contribution in [3.8, 4) is 5.75 Å². The maximum absolute atomic E-state index is 11.8. The van der Waals surface area contributed by atoms with Crippen LogP contribution < -0.4 is 10.7 Å². The molecule has 1 unspecified atom stereocenters. The Bertz CT molecular complexity index is 649. The third-order valence-corrected chi connectivity index (χ3v) is 3.05. The molecule has 0 radical (unpaired) electrons. The van der Waals surface area contributed by atoms with Crippen molar-refractivity contribution in [1.82, 2.24) is 5.32 Å². The molecule has 0 saturated carbocycles. The molecule has 2 aromatic rings. The molecule has 5 nitrogen and oxygen atoms in total. The summed E-state index contributed by atoms with van der Waals surface area (Å²) in [6, 6.07) is 10.1. The summed E-state index contributed by atoms with van der Waals surface area (Å²) in [5, 5.41) is 22.5. The molecule has 0 amide bonds. The fourth-order valence-electron chi connectivity index (χ4n) is 2.13. The van der Waals surface area contributed by atoms with E-state index in [-0.39, 0.29) is 17.6 Å². The highest BCUT2D eigenvalue weighted by Gasteiger charge is 2.23. The van der Waals surface area contributed by atoms with Crippen molar-refractivity contribution in [3.63, 3.8) is 0 Å². The van der Waals surface area contributed by atoms with Crippen LogP contribution in [0, 0.1) is 0 Å². The van der Waals surface area contributed by atoms with Gasteiger partial charge in [0.1, 0.15) is 12.4 Å². The number of aliphatic hydroxyl groups excluding tert-OH is 1. The molecule has 0 aliphatic heterocycles. The van der Waals surface area contributed by atoms with E-state index in [1.54, 1.807) is 0 Å². The molecule has 0 fully saturated rings. The summed E-state index contributed by atoms with van der Waals surface area (Å²) >= 11 is 0. The fourth-order valence-corrected chi connectivity index (χ4v) is 2.13. The van der Waals surface area contributed by atoms with Gasteiger partial charge < -0.3 is 19.9 Å². The van der Waals surface area contributed by atoms with Crippen LogP contribution in [0.5, 0.6) is 5.75 Å². The summed E-state index contributed by atoms with van der Waals surface area (Å²) in [5.41, 5.74) is 0.298. The Morgan fingerprint density at radius 2 is 1.90 bits per heavy atom. The van der Waals surface area contributed by atoms with E-state index in [0.29, 0.717) is 0 Å². The van der Waals surface area contributed by atoms with Crippen LogP contribution in [-0.4, -0.2) is 16.3 Å². The molecule has 0 aliphatic carbocycles. The Labute approximate surface area is 122 Å². The van der Waals surface area contributed by atoms with Gasteiger partial charge in [-0.25, -0.2) is 0 Å². The maximum Gasteiger partial charge on any atom is 0.227 e. The molecule has 0 bridgehead atoms. The first-order chi connectivity index (χ1) is 10.0. The maximum atomic E-state index is 11.8. The quantitative estimate of drug-likeness (QED) is 0.783. The van der Waals surface area contributed by atoms with E-state index in [4.69, 9.17) is 4.42 Å². The van der Waals surface area contributed by atoms with Gasteiger partial charge in [0.25, 0.3) is 0 Å². The van der Waals surface area contributed by atoms with E-state index >= 15 is 0 Å². The molecule has 2 rings (SSSR count). The highest BCUT2D eigenvalue weighted by molar-refractivity contribution is 5.35. The largest absolute Gasteiger partial charge is 0.502 e. The minimum absolute atomic E-state index is 0.109. The lowest BCUT2D eigenvalue weighted by Gasteiger charge is -2.21. The number of hydrogen-bond acceptors (Lipinski definition) is 5. The van der Waals surface area contributed by atoms with Crippen molar-refractivity contribution in [2.45, 2.75) is 32.5 Å². The van der Waals surface area contributed by atoms with E-state index in [9.17, 15) is 15.0 Å². The van der Waals surface area contributed by atoms with Crippen molar-refractivity contribution in [3.05, 3.63) is 63.7 Å². The first kappa shape index (κ1) is 15.3. The molecule has 0 spiro atoms. The Kier molecular flexibility index (Phi) is 4.77. The van der Waals surface area contributed by atoms with E-state index in [2.05, 4.69) is 5.32 Å². The minimum Gasteiger partial charge on any atom is -0.502 e. The predicted octanol–water partition coefficient (Wildman–Crippen LogP) is 1.93. The van der Waals surface area contributed by atoms with Gasteiger partial charge in [-0.05, 0) is 19.4 Å². The van der Waals surface area contributed by atoms with Crippen LogP contribution in [0.15, 0.2) is 45.6 Å². The third kappa shape index (κ3) is 3.51. The van der Waals surface area contributed by atoms with E-state index in [1.807, 2.05) is 44.2 Å². The predicted molar refractivity (Wildman–Crippen MR) is 79.1 cm³/mol. The minimum atomic E-state index is -0.563. The normalized spacial score (nSPS) is 12.6. The lowest BCUT2D eigenvalue weighted by atomic mass is 10.0. The van der Waals surface area contributed by atoms with Crippen LogP contribution >= 0.6 is 0 Å². The van der Waals surface area contributed by atoms with Gasteiger partial charge >= 0.3 is 0 Å². The molecular weight excluding hydrogens is 270 g/mol. The van der Waals surface area contributed by atoms with Crippen LogP contribution in [0.4, 0.5) is 0 Å². The van der Waals surface area contributed by atoms with Crippen molar-refractivity contribution < 1.29 is 14.6 Å². The molecule has 0 aliphatic rings. The number of aromatic hydroxyl groups is 1. The highest BCUT2D eigenvalue weighted by atomic mass is 16.4. The van der Waals surface area contributed by atoms with Gasteiger partial charge in [0.2, 0.25) is 11.2 Å². The number of nitrogens with one attached hydrogen (secondary N) is 1. The zero-order valence-electron chi connectivity index (χ0n) is 12.0. The van der Waals surface area contributed by atoms with Crippen LogP contribution in [0.1, 0.15) is 37.0 Å². The molecule has 1 aromatic heterocycles. The zero-order valence-corrected chi connectivity index (χ0v) is 12.0. The molecule has 5 heteroatoms. The molecule has 0 saturated heterocycles. The molecule has 1 heterocycles. The molecule has 1 aromatic carbocycles. The Hall–Kier alpha value is -2.11. The number of hydrogen-bond donors (Lipinski definition) is 3. The summed E-state index contributed by atoms with van der Waals surface area (Å²) in [5.74, 6) is -0.194. The zero-order chi connectivity index (χ0) is 15.4. The van der Waals surface area contributed by atoms with Crippen LogP contribution in [-0.2, 0) is 6.61 Å². The van der Waals surface area contributed by atoms with Gasteiger partial charge in [-0.3, -0.25) is 4.79 Å². The first-order valence-corrected chi connectivity index (χ1v) is 6.80. The van der Waals surface area contributed by atoms with Gasteiger partial charge in [0.05, 0.1) is 6.04 Å². The lowest BCUT2D eigenvalue weighted by molar-refractivity contribution is 0.230. The highest BCUT2D eigenvalue weighted by Crippen LogP contribution is 2.28. The second kappa shape index (κ2) is 6.56. The van der Waals surface area contributed by atoms with E-state index in [1.165, 1.54) is 0 Å². The van der Waals surface area contributed by atoms with Gasteiger partial charge in [-0.1, -0.05) is 30.3 Å². The molecule has 112 valence electrons. The molecule has 3 N–H and O–H groups in total. The smallest absolute Gasteiger partial charge is 0.227 e. The third-order valence-electron chi connectivity index (χ3n) is 3.05. The lowest BCUT2D eigenvalue weighted by Crippen LogP contribution is -2.29. The standard InChI is InChI=1S/C16H19NO4/c1-10(2)17-14(11-6-4-3-5-7-11)16-15(20)13(19)8-12(9-18)21-16/h3-8,10,14,17-18,20H,9H2,1-2H3. The summed E-state index contributed by atoms with van der Waals surface area (Å²) in [7, 11) is 0. The first-order valence-electron chi connectivity index (χ1n) is 6.80.